The first-order valence-corrected chi connectivity index (χ1v) is 7.19. The van der Waals surface area contributed by atoms with E-state index in [2.05, 4.69) is 29.0 Å². The zero-order valence-corrected chi connectivity index (χ0v) is 12.3. The third kappa shape index (κ3) is 4.59. The van der Waals surface area contributed by atoms with Crippen LogP contribution in [-0.4, -0.2) is 24.5 Å². The molecule has 1 aliphatic rings. The van der Waals surface area contributed by atoms with Gasteiger partial charge in [-0.15, -0.1) is 23.7 Å². The number of halogens is 1. The summed E-state index contributed by atoms with van der Waals surface area (Å²) in [6.07, 6.45) is 3.71. The minimum absolute atomic E-state index is 0. The lowest BCUT2D eigenvalue weighted by molar-refractivity contribution is -0.122. The highest BCUT2D eigenvalue weighted by atomic mass is 35.5. The molecule has 5 heteroatoms. The summed E-state index contributed by atoms with van der Waals surface area (Å²) >= 11 is 1.72. The summed E-state index contributed by atoms with van der Waals surface area (Å²) < 4.78 is 0. The molecule has 0 aliphatic carbocycles. The van der Waals surface area contributed by atoms with Gasteiger partial charge in [-0.2, -0.15) is 0 Å². The van der Waals surface area contributed by atoms with Gasteiger partial charge in [0.05, 0.1) is 0 Å². The number of nitrogens with one attached hydrogen (secondary N) is 2. The highest BCUT2D eigenvalue weighted by Crippen LogP contribution is 2.12. The second kappa shape index (κ2) is 7.77. The smallest absolute Gasteiger partial charge is 0.220 e. The molecule has 1 fully saturated rings. The number of carbonyl (C=O) groups is 1. The molecule has 0 radical (unpaired) electrons. The van der Waals surface area contributed by atoms with Gasteiger partial charge in [-0.25, -0.2) is 0 Å². The van der Waals surface area contributed by atoms with Gasteiger partial charge < -0.3 is 10.6 Å². The minimum Gasteiger partial charge on any atom is -0.352 e. The normalized spacial score (nSPS) is 23.2. The highest BCUT2D eigenvalue weighted by Gasteiger charge is 2.21. The Balaban J connectivity index is 0.00000162. The average molecular weight is 289 g/mol. The van der Waals surface area contributed by atoms with E-state index < -0.39 is 0 Å². The summed E-state index contributed by atoms with van der Waals surface area (Å²) in [6.45, 7) is 3.21. The van der Waals surface area contributed by atoms with Crippen molar-refractivity contribution >= 4 is 29.7 Å². The first-order chi connectivity index (χ1) is 8.25. The molecular weight excluding hydrogens is 268 g/mol. The monoisotopic (exact) mass is 288 g/mol. The molecule has 1 saturated heterocycles. The Hall–Kier alpha value is -0.580. The van der Waals surface area contributed by atoms with Crippen LogP contribution in [0.5, 0.6) is 0 Å². The van der Waals surface area contributed by atoms with Crippen molar-refractivity contribution in [3.63, 3.8) is 0 Å². The van der Waals surface area contributed by atoms with Crippen molar-refractivity contribution in [2.75, 3.05) is 6.54 Å². The van der Waals surface area contributed by atoms with Crippen LogP contribution in [0.3, 0.4) is 0 Å². The van der Waals surface area contributed by atoms with Gasteiger partial charge in [0.15, 0.2) is 0 Å². The lowest BCUT2D eigenvalue weighted by Gasteiger charge is -2.30. The van der Waals surface area contributed by atoms with Crippen molar-refractivity contribution in [3.8, 4) is 0 Å². The summed E-state index contributed by atoms with van der Waals surface area (Å²) in [5.41, 5.74) is 0. The van der Waals surface area contributed by atoms with Crippen molar-refractivity contribution < 1.29 is 4.79 Å². The van der Waals surface area contributed by atoms with Crippen LogP contribution in [0.1, 0.15) is 31.1 Å². The Labute approximate surface area is 119 Å². The summed E-state index contributed by atoms with van der Waals surface area (Å²) in [5, 5.41) is 8.58. The third-order valence-electron chi connectivity index (χ3n) is 3.29. The lowest BCUT2D eigenvalue weighted by Crippen LogP contribution is -2.51. The van der Waals surface area contributed by atoms with Crippen LogP contribution in [0.2, 0.25) is 0 Å². The van der Waals surface area contributed by atoms with E-state index in [0.29, 0.717) is 18.5 Å². The standard InChI is InChI=1S/C13H20N2OS.ClH/c1-10-12(5-2-8-14-10)15-13(16)7-6-11-4-3-9-17-11;/h3-4,9-10,12,14H,2,5-8H2,1H3,(H,15,16);1H. The number of thiophene rings is 1. The van der Waals surface area contributed by atoms with E-state index in [1.165, 1.54) is 4.88 Å². The Morgan fingerprint density at radius 3 is 3.11 bits per heavy atom. The van der Waals surface area contributed by atoms with Crippen LogP contribution in [-0.2, 0) is 11.2 Å². The molecule has 2 heterocycles. The lowest BCUT2D eigenvalue weighted by atomic mass is 10.00. The van der Waals surface area contributed by atoms with Gasteiger partial charge in [0, 0.05) is 23.4 Å². The Bertz CT molecular complexity index is 356. The van der Waals surface area contributed by atoms with Gasteiger partial charge in [-0.3, -0.25) is 4.79 Å². The summed E-state index contributed by atoms with van der Waals surface area (Å²) in [7, 11) is 0. The Morgan fingerprint density at radius 2 is 2.44 bits per heavy atom. The number of carbonyl (C=O) groups excluding carboxylic acids is 1. The van der Waals surface area contributed by atoms with Crippen LogP contribution in [0.15, 0.2) is 17.5 Å². The zero-order valence-electron chi connectivity index (χ0n) is 10.6. The number of hydrogen-bond acceptors (Lipinski definition) is 3. The largest absolute Gasteiger partial charge is 0.352 e. The van der Waals surface area contributed by atoms with Crippen LogP contribution in [0.4, 0.5) is 0 Å². The van der Waals surface area contributed by atoms with E-state index in [4.69, 9.17) is 0 Å². The van der Waals surface area contributed by atoms with E-state index in [9.17, 15) is 4.79 Å². The number of hydrogen-bond donors (Lipinski definition) is 2. The van der Waals surface area contributed by atoms with Crippen LogP contribution >= 0.6 is 23.7 Å². The molecular formula is C13H21ClN2OS. The fraction of sp³-hybridized carbons (Fsp3) is 0.615. The number of amides is 1. The maximum absolute atomic E-state index is 11.8. The highest BCUT2D eigenvalue weighted by molar-refractivity contribution is 7.09. The molecule has 102 valence electrons. The van der Waals surface area contributed by atoms with Crippen molar-refractivity contribution in [2.24, 2.45) is 0 Å². The van der Waals surface area contributed by atoms with E-state index >= 15 is 0 Å². The fourth-order valence-electron chi connectivity index (χ4n) is 2.21. The van der Waals surface area contributed by atoms with E-state index in [1.807, 2.05) is 6.07 Å². The number of piperidine rings is 1. The first kappa shape index (κ1) is 15.5. The van der Waals surface area contributed by atoms with E-state index in [1.54, 1.807) is 11.3 Å². The zero-order chi connectivity index (χ0) is 12.1. The molecule has 2 N–H and O–H groups in total. The minimum atomic E-state index is 0. The molecule has 2 unspecified atom stereocenters. The maximum Gasteiger partial charge on any atom is 0.220 e. The maximum atomic E-state index is 11.8. The van der Waals surface area contributed by atoms with Crippen molar-refractivity contribution in [3.05, 3.63) is 22.4 Å². The predicted molar refractivity (Wildman–Crippen MR) is 78.5 cm³/mol. The molecule has 18 heavy (non-hydrogen) atoms. The fourth-order valence-corrected chi connectivity index (χ4v) is 2.92. The average Bonchev–Trinajstić information content (AvgIpc) is 2.82. The molecule has 1 amide bonds. The molecule has 2 rings (SSSR count). The van der Waals surface area contributed by atoms with Crippen molar-refractivity contribution in [1.82, 2.24) is 10.6 Å². The van der Waals surface area contributed by atoms with Gasteiger partial charge in [-0.05, 0) is 44.2 Å². The molecule has 0 bridgehead atoms. The molecule has 1 aromatic heterocycles. The van der Waals surface area contributed by atoms with Gasteiger partial charge in [0.1, 0.15) is 0 Å². The number of rotatable bonds is 4. The van der Waals surface area contributed by atoms with E-state index in [-0.39, 0.29) is 18.3 Å². The third-order valence-corrected chi connectivity index (χ3v) is 4.22. The number of aryl methyl sites for hydroxylation is 1. The molecule has 1 aliphatic heterocycles. The second-order valence-corrected chi connectivity index (χ2v) is 5.67. The molecule has 0 saturated carbocycles. The van der Waals surface area contributed by atoms with Crippen molar-refractivity contribution in [1.29, 1.82) is 0 Å². The predicted octanol–water partition coefficient (Wildman–Crippen LogP) is 2.36. The topological polar surface area (TPSA) is 41.1 Å². The van der Waals surface area contributed by atoms with Gasteiger partial charge in [-0.1, -0.05) is 6.07 Å². The molecule has 0 spiro atoms. The SMILES string of the molecule is CC1NCCCC1NC(=O)CCc1cccs1.Cl. The van der Waals surface area contributed by atoms with Crippen LogP contribution in [0, 0.1) is 0 Å². The molecule has 2 atom stereocenters. The van der Waals surface area contributed by atoms with E-state index in [0.717, 1.165) is 25.8 Å². The molecule has 0 aromatic carbocycles. The summed E-state index contributed by atoms with van der Waals surface area (Å²) in [4.78, 5) is 13.1. The second-order valence-electron chi connectivity index (χ2n) is 4.64. The van der Waals surface area contributed by atoms with Crippen LogP contribution in [0.25, 0.3) is 0 Å². The first-order valence-electron chi connectivity index (χ1n) is 6.31. The summed E-state index contributed by atoms with van der Waals surface area (Å²) in [5.74, 6) is 0.180. The van der Waals surface area contributed by atoms with Gasteiger partial charge in [0.2, 0.25) is 5.91 Å². The Morgan fingerprint density at radius 1 is 1.61 bits per heavy atom. The molecule has 1 aromatic rings. The Kier molecular flexibility index (Phi) is 6.68. The van der Waals surface area contributed by atoms with Gasteiger partial charge in [0.25, 0.3) is 0 Å². The van der Waals surface area contributed by atoms with Crippen LogP contribution < -0.4 is 10.6 Å². The molecule has 3 nitrogen and oxygen atoms in total. The summed E-state index contributed by atoms with van der Waals surface area (Å²) in [6, 6.07) is 4.82. The van der Waals surface area contributed by atoms with Gasteiger partial charge >= 0.3 is 0 Å². The quantitative estimate of drug-likeness (QED) is 0.893. The van der Waals surface area contributed by atoms with Crippen molar-refractivity contribution in [2.45, 2.75) is 44.7 Å².